The summed E-state index contributed by atoms with van der Waals surface area (Å²) >= 11 is 0. The summed E-state index contributed by atoms with van der Waals surface area (Å²) in [6.07, 6.45) is 3.25. The van der Waals surface area contributed by atoms with Gasteiger partial charge in [-0.3, -0.25) is 0 Å². The van der Waals surface area contributed by atoms with E-state index in [4.69, 9.17) is 5.11 Å². The monoisotopic (exact) mass is 284 g/mol. The van der Waals surface area contributed by atoms with Crippen molar-refractivity contribution in [3.8, 4) is 0 Å². The van der Waals surface area contributed by atoms with Gasteiger partial charge in [0.25, 0.3) is 0 Å². The summed E-state index contributed by atoms with van der Waals surface area (Å²) in [6, 6.07) is 2.59. The average molecular weight is 284 g/mol. The molecule has 2 rings (SSSR count). The van der Waals surface area contributed by atoms with Gasteiger partial charge in [0.15, 0.2) is 0 Å². The number of piperidine rings is 1. The molecule has 4 nitrogen and oxygen atoms in total. The predicted molar refractivity (Wildman–Crippen MR) is 71.4 cm³/mol. The van der Waals surface area contributed by atoms with Crippen molar-refractivity contribution in [3.63, 3.8) is 0 Å². The zero-order valence-corrected chi connectivity index (χ0v) is 11.1. The standard InChI is InChI=1S/C14H18F2N2O2/c15-10-4-5-13(12(16)9-10)17-14(20)18-7-2-1-3-11(18)6-8-19/h4-5,9,11,19H,1-3,6-8H2,(H,17,20)/t11-/m0/s1. The summed E-state index contributed by atoms with van der Waals surface area (Å²) in [4.78, 5) is 13.8. The molecule has 1 heterocycles. The van der Waals surface area contributed by atoms with E-state index >= 15 is 0 Å². The van der Waals surface area contributed by atoms with E-state index in [0.717, 1.165) is 31.4 Å². The molecule has 1 fully saturated rings. The Hall–Kier alpha value is -1.69. The lowest BCUT2D eigenvalue weighted by atomic mass is 10.0. The van der Waals surface area contributed by atoms with E-state index in [2.05, 4.69) is 5.32 Å². The highest BCUT2D eigenvalue weighted by Crippen LogP contribution is 2.22. The van der Waals surface area contributed by atoms with E-state index in [-0.39, 0.29) is 18.3 Å². The van der Waals surface area contributed by atoms with Gasteiger partial charge in [-0.15, -0.1) is 0 Å². The largest absolute Gasteiger partial charge is 0.396 e. The van der Waals surface area contributed by atoms with E-state index in [0.29, 0.717) is 13.0 Å². The summed E-state index contributed by atoms with van der Waals surface area (Å²) in [5.74, 6) is -1.48. The number of hydrogen-bond donors (Lipinski definition) is 2. The van der Waals surface area contributed by atoms with Gasteiger partial charge in [-0.25, -0.2) is 13.6 Å². The Morgan fingerprint density at radius 2 is 2.20 bits per heavy atom. The summed E-state index contributed by atoms with van der Waals surface area (Å²) in [5, 5.41) is 11.5. The zero-order valence-electron chi connectivity index (χ0n) is 11.1. The summed E-state index contributed by atoms with van der Waals surface area (Å²) in [6.45, 7) is 0.596. The number of amides is 2. The number of urea groups is 1. The van der Waals surface area contributed by atoms with Crippen LogP contribution in [0.2, 0.25) is 0 Å². The maximum atomic E-state index is 13.5. The number of aliphatic hydroxyl groups excluding tert-OH is 1. The molecule has 0 saturated carbocycles. The number of likely N-dealkylation sites (tertiary alicyclic amines) is 1. The minimum atomic E-state index is -0.797. The van der Waals surface area contributed by atoms with E-state index < -0.39 is 17.7 Å². The third-order valence-electron chi connectivity index (χ3n) is 3.52. The van der Waals surface area contributed by atoms with Crippen molar-refractivity contribution in [1.29, 1.82) is 0 Å². The van der Waals surface area contributed by atoms with Gasteiger partial charge >= 0.3 is 6.03 Å². The highest BCUT2D eigenvalue weighted by atomic mass is 19.1. The fraction of sp³-hybridized carbons (Fsp3) is 0.500. The zero-order chi connectivity index (χ0) is 14.5. The van der Waals surface area contributed by atoms with Gasteiger partial charge in [0.2, 0.25) is 0 Å². The van der Waals surface area contributed by atoms with Gasteiger partial charge in [-0.1, -0.05) is 0 Å². The highest BCUT2D eigenvalue weighted by Gasteiger charge is 2.26. The number of carbonyl (C=O) groups excluding carboxylic acids is 1. The molecule has 1 aromatic carbocycles. The third-order valence-corrected chi connectivity index (χ3v) is 3.52. The van der Waals surface area contributed by atoms with Gasteiger partial charge in [0.1, 0.15) is 11.6 Å². The Kier molecular flexibility index (Phi) is 4.89. The van der Waals surface area contributed by atoms with Crippen molar-refractivity contribution in [2.75, 3.05) is 18.5 Å². The molecule has 1 aliphatic heterocycles. The number of anilines is 1. The molecular formula is C14H18F2N2O2. The maximum Gasteiger partial charge on any atom is 0.322 e. The molecule has 20 heavy (non-hydrogen) atoms. The first kappa shape index (κ1) is 14.7. The lowest BCUT2D eigenvalue weighted by Gasteiger charge is -2.35. The van der Waals surface area contributed by atoms with Crippen LogP contribution < -0.4 is 5.32 Å². The Balaban J connectivity index is 2.05. The van der Waals surface area contributed by atoms with Gasteiger partial charge in [-0.2, -0.15) is 0 Å². The Morgan fingerprint density at radius 3 is 2.90 bits per heavy atom. The van der Waals surface area contributed by atoms with Crippen LogP contribution in [-0.4, -0.2) is 35.2 Å². The summed E-state index contributed by atoms with van der Waals surface area (Å²) < 4.78 is 26.3. The smallest absolute Gasteiger partial charge is 0.322 e. The number of halogens is 2. The van der Waals surface area contributed by atoms with Crippen molar-refractivity contribution < 1.29 is 18.7 Å². The van der Waals surface area contributed by atoms with Crippen LogP contribution in [0.25, 0.3) is 0 Å². The lowest BCUT2D eigenvalue weighted by Crippen LogP contribution is -2.46. The molecule has 0 bridgehead atoms. The molecule has 1 atom stereocenters. The first-order valence-corrected chi connectivity index (χ1v) is 6.75. The fourth-order valence-electron chi connectivity index (χ4n) is 2.49. The molecule has 1 saturated heterocycles. The Morgan fingerprint density at radius 1 is 1.40 bits per heavy atom. The number of nitrogens with one attached hydrogen (secondary N) is 1. The van der Waals surface area contributed by atoms with Gasteiger partial charge in [0, 0.05) is 25.3 Å². The van der Waals surface area contributed by atoms with Gasteiger partial charge in [-0.05, 0) is 37.8 Å². The van der Waals surface area contributed by atoms with Crippen LogP contribution in [0.1, 0.15) is 25.7 Å². The van der Waals surface area contributed by atoms with Crippen LogP contribution in [0.3, 0.4) is 0 Å². The molecule has 2 amide bonds. The minimum absolute atomic E-state index is 0.0133. The van der Waals surface area contributed by atoms with Crippen LogP contribution in [0.15, 0.2) is 18.2 Å². The average Bonchev–Trinajstić information content (AvgIpc) is 2.43. The first-order chi connectivity index (χ1) is 9.61. The normalized spacial score (nSPS) is 18.9. The van der Waals surface area contributed by atoms with Crippen LogP contribution >= 0.6 is 0 Å². The van der Waals surface area contributed by atoms with Gasteiger partial charge < -0.3 is 15.3 Å². The quantitative estimate of drug-likeness (QED) is 0.896. The number of nitrogens with zero attached hydrogens (tertiary/aromatic N) is 1. The molecule has 0 aromatic heterocycles. The number of benzene rings is 1. The van der Waals surface area contributed by atoms with Crippen molar-refractivity contribution in [2.45, 2.75) is 31.7 Å². The van der Waals surface area contributed by atoms with Crippen molar-refractivity contribution in [1.82, 2.24) is 4.90 Å². The predicted octanol–water partition coefficient (Wildman–Crippen LogP) is 2.73. The van der Waals surface area contributed by atoms with Crippen molar-refractivity contribution in [2.24, 2.45) is 0 Å². The number of carbonyl (C=O) groups is 1. The first-order valence-electron chi connectivity index (χ1n) is 6.75. The second-order valence-electron chi connectivity index (χ2n) is 4.91. The molecule has 0 radical (unpaired) electrons. The third kappa shape index (κ3) is 3.45. The highest BCUT2D eigenvalue weighted by molar-refractivity contribution is 5.89. The molecule has 6 heteroatoms. The van der Waals surface area contributed by atoms with Crippen molar-refractivity contribution in [3.05, 3.63) is 29.8 Å². The number of hydrogen-bond acceptors (Lipinski definition) is 2. The van der Waals surface area contributed by atoms with E-state index in [1.165, 1.54) is 6.07 Å². The van der Waals surface area contributed by atoms with E-state index in [9.17, 15) is 13.6 Å². The Bertz CT molecular complexity index is 480. The van der Waals surface area contributed by atoms with Gasteiger partial charge in [0.05, 0.1) is 5.69 Å². The minimum Gasteiger partial charge on any atom is -0.396 e. The Labute approximate surface area is 116 Å². The SMILES string of the molecule is O=C(Nc1ccc(F)cc1F)N1CCCC[C@H]1CCO. The molecule has 1 aliphatic rings. The lowest BCUT2D eigenvalue weighted by molar-refractivity contribution is 0.141. The van der Waals surface area contributed by atoms with E-state index in [1.807, 2.05) is 0 Å². The molecule has 0 spiro atoms. The number of rotatable bonds is 3. The molecule has 110 valence electrons. The fourth-order valence-corrected chi connectivity index (χ4v) is 2.49. The number of aliphatic hydroxyl groups is 1. The topological polar surface area (TPSA) is 52.6 Å². The second kappa shape index (κ2) is 6.65. The second-order valence-corrected chi connectivity index (χ2v) is 4.91. The summed E-state index contributed by atoms with van der Waals surface area (Å²) in [7, 11) is 0. The van der Waals surface area contributed by atoms with Crippen LogP contribution in [-0.2, 0) is 0 Å². The maximum absolute atomic E-state index is 13.5. The molecule has 1 aromatic rings. The molecule has 0 unspecified atom stereocenters. The molecule has 0 aliphatic carbocycles. The summed E-state index contributed by atoms with van der Waals surface area (Å²) in [5.41, 5.74) is -0.0373. The van der Waals surface area contributed by atoms with E-state index in [1.54, 1.807) is 4.90 Å². The van der Waals surface area contributed by atoms with Crippen molar-refractivity contribution >= 4 is 11.7 Å². The van der Waals surface area contributed by atoms with Crippen LogP contribution in [0, 0.1) is 11.6 Å². The van der Waals surface area contributed by atoms with Crippen LogP contribution in [0.5, 0.6) is 0 Å². The molecular weight excluding hydrogens is 266 g/mol. The molecule has 2 N–H and O–H groups in total. The van der Waals surface area contributed by atoms with Crippen LogP contribution in [0.4, 0.5) is 19.3 Å².